The summed E-state index contributed by atoms with van der Waals surface area (Å²) in [4.78, 5) is 29.2. The van der Waals surface area contributed by atoms with Gasteiger partial charge in [0, 0.05) is 34.3 Å². The van der Waals surface area contributed by atoms with Crippen molar-refractivity contribution >= 4 is 53.1 Å². The number of rotatable bonds is 4. The van der Waals surface area contributed by atoms with Gasteiger partial charge in [-0.3, -0.25) is 9.59 Å². The second kappa shape index (κ2) is 8.96. The highest BCUT2D eigenvalue weighted by Gasteiger charge is 2.54. The van der Waals surface area contributed by atoms with Crippen molar-refractivity contribution in [3.8, 4) is 0 Å². The smallest absolute Gasteiger partial charge is 0.268 e. The standard InChI is InChI=1S/C22H23Cl2N3O3.ClH/c1-26-9-5-4-6-14(26)12-27-18-11-13(20(25)28)10-17(24)19(18)22(30,21(27)29)15-7-2-3-8-16(15)23;/h2-3,7-8,10-11,14,30H,4-6,9,12H2,1H3,(H2,25,28);1H. The molecule has 3 N–H and O–H groups in total. The summed E-state index contributed by atoms with van der Waals surface area (Å²) in [6.45, 7) is 1.31. The molecule has 0 saturated carbocycles. The summed E-state index contributed by atoms with van der Waals surface area (Å²) in [6, 6.07) is 9.69. The Labute approximate surface area is 197 Å². The molecule has 4 rings (SSSR count). The number of nitrogens with zero attached hydrogens (tertiary/aromatic N) is 2. The molecule has 2 atom stereocenters. The molecule has 166 valence electrons. The number of nitrogens with two attached hydrogens (primary N) is 1. The molecule has 1 saturated heterocycles. The summed E-state index contributed by atoms with van der Waals surface area (Å²) in [6.07, 6.45) is 3.11. The molecule has 0 aliphatic carbocycles. The Morgan fingerprint density at radius 2 is 1.94 bits per heavy atom. The lowest BCUT2D eigenvalue weighted by Crippen LogP contribution is -2.49. The second-order valence-corrected chi connectivity index (χ2v) is 8.77. The zero-order valence-electron chi connectivity index (χ0n) is 17.0. The van der Waals surface area contributed by atoms with Gasteiger partial charge in [-0.2, -0.15) is 0 Å². The number of hydrogen-bond donors (Lipinski definition) is 2. The van der Waals surface area contributed by atoms with E-state index >= 15 is 0 Å². The molecule has 2 aliphatic rings. The molecular formula is C22H24Cl3N3O3. The second-order valence-electron chi connectivity index (χ2n) is 7.95. The number of benzene rings is 2. The molecule has 0 spiro atoms. The fourth-order valence-corrected chi connectivity index (χ4v) is 5.11. The van der Waals surface area contributed by atoms with E-state index in [1.54, 1.807) is 24.3 Å². The molecule has 2 aliphatic heterocycles. The van der Waals surface area contributed by atoms with Gasteiger partial charge in [-0.05, 0) is 44.6 Å². The Hall–Kier alpha value is -1.83. The third kappa shape index (κ3) is 3.92. The number of amides is 2. The average Bonchev–Trinajstić information content (AvgIpc) is 2.92. The lowest BCUT2D eigenvalue weighted by atomic mass is 9.87. The Bertz CT molecular complexity index is 1030. The molecule has 9 heteroatoms. The van der Waals surface area contributed by atoms with Crippen LogP contribution in [0, 0.1) is 0 Å². The number of anilines is 1. The van der Waals surface area contributed by atoms with E-state index < -0.39 is 17.4 Å². The number of likely N-dealkylation sites (tertiary alicyclic amines) is 1. The SMILES string of the molecule is CN1CCCCC1CN1C(=O)C(O)(c2ccccc2Cl)c2c(Cl)cc(C(N)=O)cc21.Cl. The lowest BCUT2D eigenvalue weighted by molar-refractivity contribution is -0.132. The first-order valence-electron chi connectivity index (χ1n) is 9.88. The van der Waals surface area contributed by atoms with Crippen LogP contribution < -0.4 is 10.6 Å². The number of primary amides is 1. The highest BCUT2D eigenvalue weighted by Crippen LogP contribution is 2.50. The minimum atomic E-state index is -2.05. The van der Waals surface area contributed by atoms with Gasteiger partial charge in [-0.15, -0.1) is 12.4 Å². The number of carbonyl (C=O) groups excluding carboxylic acids is 2. The predicted molar refractivity (Wildman–Crippen MR) is 124 cm³/mol. The molecule has 1 fully saturated rings. The first-order valence-corrected chi connectivity index (χ1v) is 10.6. The first-order chi connectivity index (χ1) is 14.2. The molecule has 2 unspecified atom stereocenters. The van der Waals surface area contributed by atoms with Crippen LogP contribution in [0.3, 0.4) is 0 Å². The van der Waals surface area contributed by atoms with Crippen LogP contribution in [0.5, 0.6) is 0 Å². The maximum absolute atomic E-state index is 13.7. The van der Waals surface area contributed by atoms with Gasteiger partial charge in [0.15, 0.2) is 5.60 Å². The fraction of sp³-hybridized carbons (Fsp3) is 0.364. The third-order valence-corrected chi connectivity index (χ3v) is 6.77. The fourth-order valence-electron chi connectivity index (χ4n) is 4.49. The third-order valence-electron chi connectivity index (χ3n) is 6.14. The van der Waals surface area contributed by atoms with Crippen molar-refractivity contribution in [1.29, 1.82) is 0 Å². The van der Waals surface area contributed by atoms with Crippen molar-refractivity contribution in [3.63, 3.8) is 0 Å². The van der Waals surface area contributed by atoms with Gasteiger partial charge in [0.25, 0.3) is 5.91 Å². The van der Waals surface area contributed by atoms with Gasteiger partial charge in [-0.1, -0.05) is 47.8 Å². The van der Waals surface area contributed by atoms with Crippen LogP contribution in [-0.4, -0.2) is 48.0 Å². The molecule has 31 heavy (non-hydrogen) atoms. The minimum Gasteiger partial charge on any atom is -0.372 e. The molecule has 2 amide bonds. The Balaban J connectivity index is 0.00000272. The van der Waals surface area contributed by atoms with Crippen molar-refractivity contribution in [1.82, 2.24) is 4.90 Å². The van der Waals surface area contributed by atoms with Gasteiger partial charge in [0.2, 0.25) is 5.91 Å². The van der Waals surface area contributed by atoms with Gasteiger partial charge in [0.05, 0.1) is 10.7 Å². The summed E-state index contributed by atoms with van der Waals surface area (Å²) in [5, 5.41) is 12.1. The maximum atomic E-state index is 13.7. The molecule has 0 radical (unpaired) electrons. The minimum absolute atomic E-state index is 0. The number of hydrogen-bond acceptors (Lipinski definition) is 4. The maximum Gasteiger partial charge on any atom is 0.268 e. The van der Waals surface area contributed by atoms with E-state index in [-0.39, 0.29) is 45.2 Å². The molecule has 2 aromatic rings. The van der Waals surface area contributed by atoms with E-state index in [0.717, 1.165) is 25.8 Å². The van der Waals surface area contributed by atoms with Gasteiger partial charge >= 0.3 is 0 Å². The predicted octanol–water partition coefficient (Wildman–Crippen LogP) is 3.58. The van der Waals surface area contributed by atoms with Crippen molar-refractivity contribution in [2.75, 3.05) is 25.0 Å². The molecule has 6 nitrogen and oxygen atoms in total. The molecular weight excluding hydrogens is 461 g/mol. The van der Waals surface area contributed by atoms with E-state index in [0.29, 0.717) is 12.2 Å². The van der Waals surface area contributed by atoms with Crippen LogP contribution >= 0.6 is 35.6 Å². The monoisotopic (exact) mass is 483 g/mol. The Kier molecular flexibility index (Phi) is 6.89. The van der Waals surface area contributed by atoms with Crippen LogP contribution in [0.15, 0.2) is 36.4 Å². The Morgan fingerprint density at radius 1 is 1.23 bits per heavy atom. The van der Waals surface area contributed by atoms with E-state index in [2.05, 4.69) is 4.90 Å². The number of aliphatic hydroxyl groups is 1. The van der Waals surface area contributed by atoms with Gasteiger partial charge in [0.1, 0.15) is 0 Å². The topological polar surface area (TPSA) is 86.9 Å². The summed E-state index contributed by atoms with van der Waals surface area (Å²) < 4.78 is 0. The van der Waals surface area contributed by atoms with E-state index in [4.69, 9.17) is 28.9 Å². The largest absolute Gasteiger partial charge is 0.372 e. The van der Waals surface area contributed by atoms with Gasteiger partial charge < -0.3 is 20.6 Å². The zero-order chi connectivity index (χ0) is 21.6. The van der Waals surface area contributed by atoms with Crippen molar-refractivity contribution in [2.45, 2.75) is 30.9 Å². The van der Waals surface area contributed by atoms with Crippen molar-refractivity contribution < 1.29 is 14.7 Å². The van der Waals surface area contributed by atoms with Crippen LogP contribution in [0.1, 0.15) is 40.7 Å². The number of carbonyl (C=O) groups is 2. The highest BCUT2D eigenvalue weighted by molar-refractivity contribution is 6.35. The van der Waals surface area contributed by atoms with Crippen LogP contribution in [0.4, 0.5) is 5.69 Å². The molecule has 2 aromatic carbocycles. The van der Waals surface area contributed by atoms with Gasteiger partial charge in [-0.25, -0.2) is 0 Å². The number of fused-ring (bicyclic) bond motifs is 1. The zero-order valence-corrected chi connectivity index (χ0v) is 19.3. The van der Waals surface area contributed by atoms with Crippen molar-refractivity contribution in [3.05, 3.63) is 63.1 Å². The molecule has 0 bridgehead atoms. The van der Waals surface area contributed by atoms with Crippen LogP contribution in [0.25, 0.3) is 0 Å². The summed E-state index contributed by atoms with van der Waals surface area (Å²) in [7, 11) is 2.03. The number of likely N-dealkylation sites (N-methyl/N-ethyl adjacent to an activating group) is 1. The van der Waals surface area contributed by atoms with Crippen molar-refractivity contribution in [2.24, 2.45) is 5.73 Å². The number of halogens is 3. The van der Waals surface area contributed by atoms with E-state index in [9.17, 15) is 14.7 Å². The first kappa shape index (κ1) is 23.8. The van der Waals surface area contributed by atoms with Crippen LogP contribution in [0.2, 0.25) is 10.0 Å². The van der Waals surface area contributed by atoms with E-state index in [1.807, 2.05) is 7.05 Å². The molecule has 0 aromatic heterocycles. The molecule has 2 heterocycles. The highest BCUT2D eigenvalue weighted by atomic mass is 35.5. The lowest BCUT2D eigenvalue weighted by Gasteiger charge is -2.35. The Morgan fingerprint density at radius 3 is 2.58 bits per heavy atom. The van der Waals surface area contributed by atoms with Crippen LogP contribution in [-0.2, 0) is 10.4 Å². The summed E-state index contributed by atoms with van der Waals surface area (Å²) >= 11 is 12.9. The summed E-state index contributed by atoms with van der Waals surface area (Å²) in [5.41, 5.74) is 4.48. The van der Waals surface area contributed by atoms with E-state index in [1.165, 1.54) is 17.0 Å². The quantitative estimate of drug-likeness (QED) is 0.694. The average molecular weight is 485 g/mol. The summed E-state index contributed by atoms with van der Waals surface area (Å²) in [5.74, 6) is -1.19. The normalized spacial score (nSPS) is 23.4. The number of piperidine rings is 1.